The fraction of sp³-hybridized carbons (Fsp3) is 0.182. The topological polar surface area (TPSA) is 65.2 Å². The van der Waals surface area contributed by atoms with Crippen molar-refractivity contribution in [2.45, 2.75) is 17.9 Å². The Labute approximate surface area is 176 Å². The first-order chi connectivity index (χ1) is 13.5. The van der Waals surface area contributed by atoms with Crippen molar-refractivity contribution in [3.8, 4) is 0 Å². The molecule has 150 valence electrons. The van der Waals surface area contributed by atoms with Gasteiger partial charge in [0.25, 0.3) is 10.0 Å². The Bertz CT molecular complexity index is 1310. The van der Waals surface area contributed by atoms with E-state index in [9.17, 15) is 8.42 Å². The zero-order valence-electron chi connectivity index (χ0n) is 16.0. The van der Waals surface area contributed by atoms with Crippen LogP contribution in [0.15, 0.2) is 65.6 Å². The van der Waals surface area contributed by atoms with Gasteiger partial charge in [0.05, 0.1) is 4.90 Å². The number of hydrogen-bond donors (Lipinski definition) is 2. The summed E-state index contributed by atoms with van der Waals surface area (Å²) in [7, 11) is -1.55. The summed E-state index contributed by atoms with van der Waals surface area (Å²) in [6, 6.07) is 18.6. The number of aromatic amines is 1. The maximum Gasteiger partial charge on any atom is 0.261 e. The van der Waals surface area contributed by atoms with E-state index < -0.39 is 10.0 Å². The second-order valence-corrected chi connectivity index (χ2v) is 9.13. The molecule has 1 aliphatic heterocycles. The predicted molar refractivity (Wildman–Crippen MR) is 120 cm³/mol. The summed E-state index contributed by atoms with van der Waals surface area (Å²) in [6.07, 6.45) is 0.965. The fourth-order valence-corrected chi connectivity index (χ4v) is 5.07. The van der Waals surface area contributed by atoms with Crippen molar-refractivity contribution in [1.82, 2.24) is 9.88 Å². The highest BCUT2D eigenvalue weighted by atomic mass is 35.5. The third-order valence-corrected chi connectivity index (χ3v) is 6.83. The lowest BCUT2D eigenvalue weighted by molar-refractivity contribution is 0.310. The van der Waals surface area contributed by atoms with Gasteiger partial charge in [0.1, 0.15) is 0 Å². The van der Waals surface area contributed by atoms with Crippen LogP contribution in [0.4, 0.5) is 5.69 Å². The predicted octanol–water partition coefficient (Wildman–Crippen LogP) is 4.53. The van der Waals surface area contributed by atoms with E-state index in [1.165, 1.54) is 11.3 Å². The highest BCUT2D eigenvalue weighted by Gasteiger charge is 2.20. The lowest BCUT2D eigenvalue weighted by Gasteiger charge is -2.22. The number of nitrogens with zero attached hydrogens (tertiary/aromatic N) is 1. The van der Waals surface area contributed by atoms with Gasteiger partial charge in [-0.15, -0.1) is 12.4 Å². The molecular formula is C22H22ClN3O2S. The molecule has 29 heavy (non-hydrogen) atoms. The van der Waals surface area contributed by atoms with Crippen molar-refractivity contribution in [1.29, 1.82) is 0 Å². The summed E-state index contributed by atoms with van der Waals surface area (Å²) in [5.74, 6) is 0. The van der Waals surface area contributed by atoms with Gasteiger partial charge in [-0.2, -0.15) is 0 Å². The van der Waals surface area contributed by atoms with Crippen molar-refractivity contribution in [3.63, 3.8) is 0 Å². The van der Waals surface area contributed by atoms with E-state index in [-0.39, 0.29) is 17.3 Å². The molecule has 1 aliphatic rings. The molecule has 0 spiro atoms. The van der Waals surface area contributed by atoms with Crippen LogP contribution in [0.2, 0.25) is 0 Å². The average molecular weight is 428 g/mol. The third-order valence-electron chi connectivity index (χ3n) is 5.45. The average Bonchev–Trinajstić information content (AvgIpc) is 3.04. The van der Waals surface area contributed by atoms with E-state index >= 15 is 0 Å². The lowest BCUT2D eigenvalue weighted by Crippen LogP contribution is -2.26. The lowest BCUT2D eigenvalue weighted by atomic mass is 10.0. The Hall–Kier alpha value is -2.54. The number of sulfonamides is 1. The minimum Gasteiger partial charge on any atom is -0.357 e. The Kier molecular flexibility index (Phi) is 5.02. The Morgan fingerprint density at radius 1 is 1.00 bits per heavy atom. The van der Waals surface area contributed by atoms with Crippen LogP contribution in [0.3, 0.4) is 0 Å². The Balaban J connectivity index is 0.00000205. The minimum atomic E-state index is -3.65. The summed E-state index contributed by atoms with van der Waals surface area (Å²) in [6.45, 7) is 1.90. The molecule has 0 saturated carbocycles. The van der Waals surface area contributed by atoms with Crippen LogP contribution in [0.25, 0.3) is 21.7 Å². The normalized spacial score (nSPS) is 14.5. The Morgan fingerprint density at radius 3 is 2.62 bits per heavy atom. The zero-order chi connectivity index (χ0) is 19.3. The SMILES string of the molecule is CN1CCc2c([nH]c3ccc(NS(=O)(=O)c4ccc5ccccc5c4)cc23)C1.Cl. The maximum atomic E-state index is 12.9. The molecule has 0 fully saturated rings. The summed E-state index contributed by atoms with van der Waals surface area (Å²) in [5, 5.41) is 3.03. The van der Waals surface area contributed by atoms with E-state index in [0.717, 1.165) is 41.2 Å². The largest absolute Gasteiger partial charge is 0.357 e. The van der Waals surface area contributed by atoms with Gasteiger partial charge in [-0.05, 0) is 60.1 Å². The van der Waals surface area contributed by atoms with Crippen molar-refractivity contribution in [2.75, 3.05) is 18.3 Å². The van der Waals surface area contributed by atoms with Crippen LogP contribution >= 0.6 is 12.4 Å². The number of rotatable bonds is 3. The van der Waals surface area contributed by atoms with Crippen LogP contribution in [-0.4, -0.2) is 31.9 Å². The molecule has 2 N–H and O–H groups in total. The molecule has 0 amide bonds. The van der Waals surface area contributed by atoms with E-state index in [1.807, 2.05) is 48.5 Å². The fourth-order valence-electron chi connectivity index (χ4n) is 3.99. The van der Waals surface area contributed by atoms with E-state index in [0.29, 0.717) is 5.69 Å². The number of likely N-dealkylation sites (N-methyl/N-ethyl adjacent to an activating group) is 1. The van der Waals surface area contributed by atoms with Crippen molar-refractivity contribution < 1.29 is 8.42 Å². The molecule has 0 saturated heterocycles. The zero-order valence-corrected chi connectivity index (χ0v) is 17.6. The number of nitrogens with one attached hydrogen (secondary N) is 2. The molecular weight excluding hydrogens is 406 g/mol. The van der Waals surface area contributed by atoms with Crippen molar-refractivity contribution >= 4 is 49.8 Å². The number of benzene rings is 3. The molecule has 4 aromatic rings. The van der Waals surface area contributed by atoms with Gasteiger partial charge in [0.15, 0.2) is 0 Å². The first-order valence-electron chi connectivity index (χ1n) is 9.33. The summed E-state index contributed by atoms with van der Waals surface area (Å²) < 4.78 is 28.6. The first kappa shape index (κ1) is 19.8. The second kappa shape index (κ2) is 7.37. The first-order valence-corrected chi connectivity index (χ1v) is 10.8. The molecule has 3 aromatic carbocycles. The molecule has 0 unspecified atom stereocenters. The van der Waals surface area contributed by atoms with Gasteiger partial charge in [0.2, 0.25) is 0 Å². The second-order valence-electron chi connectivity index (χ2n) is 7.44. The maximum absolute atomic E-state index is 12.9. The smallest absolute Gasteiger partial charge is 0.261 e. The van der Waals surface area contributed by atoms with E-state index in [1.54, 1.807) is 12.1 Å². The quantitative estimate of drug-likeness (QED) is 0.504. The highest BCUT2D eigenvalue weighted by molar-refractivity contribution is 7.92. The molecule has 2 heterocycles. The summed E-state index contributed by atoms with van der Waals surface area (Å²) >= 11 is 0. The molecule has 7 heteroatoms. The monoisotopic (exact) mass is 427 g/mol. The van der Waals surface area contributed by atoms with Crippen molar-refractivity contribution in [3.05, 3.63) is 71.9 Å². The number of hydrogen-bond acceptors (Lipinski definition) is 3. The number of fused-ring (bicyclic) bond motifs is 4. The van der Waals surface area contributed by atoms with E-state index in [2.05, 4.69) is 21.7 Å². The van der Waals surface area contributed by atoms with Gasteiger partial charge in [-0.3, -0.25) is 4.72 Å². The number of anilines is 1. The van der Waals surface area contributed by atoms with Crippen LogP contribution in [0, 0.1) is 0 Å². The van der Waals surface area contributed by atoms with Gasteiger partial charge in [0, 0.05) is 35.4 Å². The number of aromatic nitrogens is 1. The highest BCUT2D eigenvalue weighted by Crippen LogP contribution is 2.30. The van der Waals surface area contributed by atoms with Gasteiger partial charge >= 0.3 is 0 Å². The standard InChI is InChI=1S/C22H21N3O2S.ClH/c1-25-11-10-19-20-13-17(7-9-21(20)23-22(19)14-25)24-28(26,27)18-8-6-15-4-2-3-5-16(15)12-18;/h2-9,12-13,23-24H,10-11,14H2,1H3;1H. The van der Waals surface area contributed by atoms with Crippen LogP contribution in [-0.2, 0) is 23.0 Å². The summed E-state index contributed by atoms with van der Waals surface area (Å²) in [5.41, 5.74) is 4.15. The molecule has 0 bridgehead atoms. The number of H-pyrrole nitrogens is 1. The molecule has 0 atom stereocenters. The minimum absolute atomic E-state index is 0. The van der Waals surface area contributed by atoms with Crippen LogP contribution < -0.4 is 4.72 Å². The van der Waals surface area contributed by atoms with Gasteiger partial charge in [-0.1, -0.05) is 30.3 Å². The van der Waals surface area contributed by atoms with Gasteiger partial charge < -0.3 is 9.88 Å². The van der Waals surface area contributed by atoms with Crippen LogP contribution in [0.5, 0.6) is 0 Å². The molecule has 5 nitrogen and oxygen atoms in total. The van der Waals surface area contributed by atoms with Crippen LogP contribution in [0.1, 0.15) is 11.3 Å². The Morgan fingerprint density at radius 2 is 1.79 bits per heavy atom. The molecule has 0 aliphatic carbocycles. The van der Waals surface area contributed by atoms with Crippen molar-refractivity contribution in [2.24, 2.45) is 0 Å². The molecule has 5 rings (SSSR count). The van der Waals surface area contributed by atoms with Gasteiger partial charge in [-0.25, -0.2) is 8.42 Å². The molecule has 1 aromatic heterocycles. The molecule has 0 radical (unpaired) electrons. The summed E-state index contributed by atoms with van der Waals surface area (Å²) in [4.78, 5) is 6.02. The number of halogens is 1. The third kappa shape index (κ3) is 3.59. The van der Waals surface area contributed by atoms with E-state index in [4.69, 9.17) is 0 Å².